The highest BCUT2D eigenvalue weighted by Crippen LogP contribution is 2.32. The molecule has 0 bridgehead atoms. The smallest absolute Gasteiger partial charge is 0.335 e. The van der Waals surface area contributed by atoms with Crippen molar-refractivity contribution < 1.29 is 27.5 Å². The van der Waals surface area contributed by atoms with Crippen molar-refractivity contribution in [2.75, 3.05) is 6.61 Å². The highest BCUT2D eigenvalue weighted by Gasteiger charge is 2.24. The third-order valence-electron chi connectivity index (χ3n) is 4.37. The SMILES string of the molecule is CCCOc1cc(S(=O)(=O)C(C)C)cc2c(=O)c3cc(C(=O)O)ccc3oc12. The Kier molecular flexibility index (Phi) is 5.16. The average Bonchev–Trinajstić information content (AvgIpc) is 2.65. The van der Waals surface area contributed by atoms with E-state index in [1.54, 1.807) is 13.8 Å². The zero-order chi connectivity index (χ0) is 20.6. The van der Waals surface area contributed by atoms with Crippen molar-refractivity contribution >= 4 is 37.7 Å². The molecule has 0 amide bonds. The van der Waals surface area contributed by atoms with Gasteiger partial charge in [-0.15, -0.1) is 0 Å². The van der Waals surface area contributed by atoms with Gasteiger partial charge in [0.2, 0.25) is 5.43 Å². The molecule has 8 heteroatoms. The van der Waals surface area contributed by atoms with Crippen LogP contribution in [0, 0.1) is 0 Å². The van der Waals surface area contributed by atoms with Gasteiger partial charge in [0.15, 0.2) is 21.2 Å². The molecule has 0 saturated heterocycles. The van der Waals surface area contributed by atoms with E-state index in [4.69, 9.17) is 14.3 Å². The second-order valence-corrected chi connectivity index (χ2v) is 9.19. The van der Waals surface area contributed by atoms with Crippen molar-refractivity contribution in [2.45, 2.75) is 37.3 Å². The molecule has 1 aromatic heterocycles. The number of carboxylic acid groups (broad SMARTS) is 1. The van der Waals surface area contributed by atoms with Crippen LogP contribution in [-0.4, -0.2) is 31.4 Å². The zero-order valence-corrected chi connectivity index (χ0v) is 16.5. The van der Waals surface area contributed by atoms with Crippen LogP contribution < -0.4 is 10.2 Å². The van der Waals surface area contributed by atoms with Gasteiger partial charge in [-0.05, 0) is 44.5 Å². The Morgan fingerprint density at radius 2 is 1.89 bits per heavy atom. The van der Waals surface area contributed by atoms with Crippen molar-refractivity contribution in [3.63, 3.8) is 0 Å². The van der Waals surface area contributed by atoms with Gasteiger partial charge in [-0.3, -0.25) is 4.79 Å². The molecule has 0 unspecified atom stereocenters. The molecule has 0 spiro atoms. The zero-order valence-electron chi connectivity index (χ0n) is 15.7. The minimum atomic E-state index is -3.66. The van der Waals surface area contributed by atoms with Gasteiger partial charge < -0.3 is 14.3 Å². The Balaban J connectivity index is 2.42. The second-order valence-electron chi connectivity index (χ2n) is 6.69. The van der Waals surface area contributed by atoms with Gasteiger partial charge in [-0.2, -0.15) is 0 Å². The summed E-state index contributed by atoms with van der Waals surface area (Å²) < 4.78 is 36.8. The summed E-state index contributed by atoms with van der Waals surface area (Å²) in [5.41, 5.74) is -0.242. The van der Waals surface area contributed by atoms with E-state index >= 15 is 0 Å². The van der Waals surface area contributed by atoms with E-state index in [-0.39, 0.29) is 38.1 Å². The number of carbonyl (C=O) groups is 1. The monoisotopic (exact) mass is 404 g/mol. The predicted molar refractivity (Wildman–Crippen MR) is 105 cm³/mol. The van der Waals surface area contributed by atoms with Crippen LogP contribution >= 0.6 is 0 Å². The third-order valence-corrected chi connectivity index (χ3v) is 6.50. The molecule has 0 aliphatic carbocycles. The molecule has 0 aliphatic rings. The van der Waals surface area contributed by atoms with Crippen LogP contribution in [0.4, 0.5) is 0 Å². The molecule has 0 aliphatic heterocycles. The van der Waals surface area contributed by atoms with Crippen molar-refractivity contribution in [1.29, 1.82) is 0 Å². The summed E-state index contributed by atoms with van der Waals surface area (Å²) in [6.07, 6.45) is 0.683. The minimum Gasteiger partial charge on any atom is -0.490 e. The van der Waals surface area contributed by atoms with Gasteiger partial charge in [-0.25, -0.2) is 13.2 Å². The fourth-order valence-electron chi connectivity index (χ4n) is 2.79. The predicted octanol–water partition coefficient (Wildman–Crippen LogP) is 3.62. The largest absolute Gasteiger partial charge is 0.490 e. The molecular weight excluding hydrogens is 384 g/mol. The Hall–Kier alpha value is -2.87. The first-order valence-corrected chi connectivity index (χ1v) is 10.4. The molecule has 2 aromatic carbocycles. The first-order chi connectivity index (χ1) is 13.2. The van der Waals surface area contributed by atoms with E-state index in [1.807, 2.05) is 6.92 Å². The maximum atomic E-state index is 13.0. The summed E-state index contributed by atoms with van der Waals surface area (Å²) in [6.45, 7) is 5.32. The van der Waals surface area contributed by atoms with Crippen LogP contribution in [0.3, 0.4) is 0 Å². The number of fused-ring (bicyclic) bond motifs is 2. The molecule has 1 heterocycles. The van der Waals surface area contributed by atoms with E-state index in [2.05, 4.69) is 0 Å². The highest BCUT2D eigenvalue weighted by atomic mass is 32.2. The van der Waals surface area contributed by atoms with Gasteiger partial charge in [0.1, 0.15) is 5.58 Å². The first-order valence-electron chi connectivity index (χ1n) is 8.81. The molecule has 3 aromatic rings. The quantitative estimate of drug-likeness (QED) is 0.625. The lowest BCUT2D eigenvalue weighted by atomic mass is 10.1. The van der Waals surface area contributed by atoms with Gasteiger partial charge in [0.25, 0.3) is 0 Å². The first kappa shape index (κ1) is 19.9. The molecule has 7 nitrogen and oxygen atoms in total. The minimum absolute atomic E-state index is 0.0304. The van der Waals surface area contributed by atoms with Gasteiger partial charge in [0, 0.05) is 6.07 Å². The van der Waals surface area contributed by atoms with Crippen LogP contribution in [0.5, 0.6) is 5.75 Å². The third kappa shape index (κ3) is 3.35. The summed E-state index contributed by atoms with van der Waals surface area (Å²) >= 11 is 0. The Morgan fingerprint density at radius 1 is 1.18 bits per heavy atom. The molecule has 3 rings (SSSR count). The van der Waals surface area contributed by atoms with Crippen molar-refractivity contribution in [1.82, 2.24) is 0 Å². The molecular formula is C20H20O7S. The maximum Gasteiger partial charge on any atom is 0.335 e. The summed E-state index contributed by atoms with van der Waals surface area (Å²) in [5, 5.41) is 8.58. The van der Waals surface area contributed by atoms with E-state index in [0.29, 0.717) is 13.0 Å². The van der Waals surface area contributed by atoms with Crippen molar-refractivity contribution in [3.05, 3.63) is 46.1 Å². The van der Waals surface area contributed by atoms with Gasteiger partial charge in [0.05, 0.1) is 33.1 Å². The van der Waals surface area contributed by atoms with Gasteiger partial charge in [-0.1, -0.05) is 6.92 Å². The number of hydrogen-bond donors (Lipinski definition) is 1. The van der Waals surface area contributed by atoms with Crippen LogP contribution in [0.2, 0.25) is 0 Å². The average molecular weight is 404 g/mol. The number of sulfone groups is 1. The normalized spacial score (nSPS) is 12.0. The van der Waals surface area contributed by atoms with Crippen molar-refractivity contribution in [3.8, 4) is 5.75 Å². The molecule has 28 heavy (non-hydrogen) atoms. The number of benzene rings is 2. The number of aromatic carboxylic acids is 1. The second kappa shape index (κ2) is 7.27. The maximum absolute atomic E-state index is 13.0. The fraction of sp³-hybridized carbons (Fsp3) is 0.300. The van der Waals surface area contributed by atoms with Crippen molar-refractivity contribution in [2.24, 2.45) is 0 Å². The lowest BCUT2D eigenvalue weighted by molar-refractivity contribution is 0.0697. The topological polar surface area (TPSA) is 111 Å². The molecule has 0 radical (unpaired) electrons. The molecule has 148 valence electrons. The molecule has 0 atom stereocenters. The van der Waals surface area contributed by atoms with Gasteiger partial charge >= 0.3 is 5.97 Å². The summed E-state index contributed by atoms with van der Waals surface area (Å²) in [6, 6.07) is 6.60. The Labute approximate surface area is 161 Å². The van der Waals surface area contributed by atoms with E-state index in [1.165, 1.54) is 30.3 Å². The lowest BCUT2D eigenvalue weighted by Gasteiger charge is -2.13. The summed E-state index contributed by atoms with van der Waals surface area (Å²) in [4.78, 5) is 24.2. The summed E-state index contributed by atoms with van der Waals surface area (Å²) in [5.74, 6) is -1.01. The van der Waals surface area contributed by atoms with Crippen LogP contribution in [0.1, 0.15) is 37.6 Å². The molecule has 0 saturated carbocycles. The molecule has 1 N–H and O–H groups in total. The van der Waals surface area contributed by atoms with Crippen LogP contribution in [-0.2, 0) is 9.84 Å². The van der Waals surface area contributed by atoms with Crippen LogP contribution in [0.15, 0.2) is 44.4 Å². The van der Waals surface area contributed by atoms with E-state index in [9.17, 15) is 18.0 Å². The fourth-order valence-corrected chi connectivity index (χ4v) is 3.89. The molecule has 0 fully saturated rings. The summed E-state index contributed by atoms with van der Waals surface area (Å²) in [7, 11) is -3.66. The standard InChI is InChI=1S/C20H20O7S/c1-4-7-26-17-10-13(28(24,25)11(2)3)9-15-18(21)14-8-12(20(22)23)5-6-16(14)27-19(15)17/h5-6,8-11H,4,7H2,1-3H3,(H,22,23). The number of ether oxygens (including phenoxy) is 1. The Bertz CT molecular complexity index is 1240. The van der Waals surface area contributed by atoms with E-state index in [0.717, 1.165) is 0 Å². The van der Waals surface area contributed by atoms with E-state index < -0.39 is 26.5 Å². The number of carboxylic acids is 1. The lowest BCUT2D eigenvalue weighted by Crippen LogP contribution is -2.15. The number of rotatable bonds is 6. The highest BCUT2D eigenvalue weighted by molar-refractivity contribution is 7.92. The van der Waals surface area contributed by atoms with Crippen LogP contribution in [0.25, 0.3) is 21.9 Å². The Morgan fingerprint density at radius 3 is 2.50 bits per heavy atom. The number of hydrogen-bond acceptors (Lipinski definition) is 6.